The number of nitrogens with zero attached hydrogens (tertiary/aromatic N) is 3. The molecule has 0 aromatic heterocycles. The average molecular weight is 416 g/mol. The molecule has 1 saturated carbocycles. The Kier molecular flexibility index (Phi) is 7.08. The van der Waals surface area contributed by atoms with Crippen LogP contribution in [-0.4, -0.2) is 73.9 Å². The fourth-order valence-electron chi connectivity index (χ4n) is 5.72. The van der Waals surface area contributed by atoms with E-state index in [0.29, 0.717) is 13.1 Å². The fourth-order valence-corrected chi connectivity index (χ4v) is 5.72. The van der Waals surface area contributed by atoms with E-state index in [1.54, 1.807) is 7.05 Å². The summed E-state index contributed by atoms with van der Waals surface area (Å²) in [5.41, 5.74) is 0. The van der Waals surface area contributed by atoms with Crippen molar-refractivity contribution in [2.24, 2.45) is 28.7 Å². The van der Waals surface area contributed by atoms with Crippen LogP contribution in [-0.2, 0) is 9.59 Å². The van der Waals surface area contributed by atoms with Gasteiger partial charge in [-0.25, -0.2) is 0 Å². The lowest BCUT2D eigenvalue weighted by Gasteiger charge is -2.26. The molecule has 4 aliphatic rings. The molecule has 0 spiro atoms. The zero-order valence-corrected chi connectivity index (χ0v) is 18.3. The van der Waals surface area contributed by atoms with Crippen LogP contribution in [0.1, 0.15) is 44.9 Å². The molecular weight excluding hydrogens is 378 g/mol. The zero-order valence-electron chi connectivity index (χ0n) is 18.3. The summed E-state index contributed by atoms with van der Waals surface area (Å²) >= 11 is 0. The first-order valence-corrected chi connectivity index (χ1v) is 11.9. The molecule has 7 heteroatoms. The molecule has 2 aliphatic carbocycles. The lowest BCUT2D eigenvalue weighted by Crippen LogP contribution is -2.43. The highest BCUT2D eigenvalue weighted by atomic mass is 16.2. The number of carbonyl (C=O) groups is 2. The molecule has 7 nitrogen and oxygen atoms in total. The van der Waals surface area contributed by atoms with E-state index < -0.39 is 0 Å². The Bertz CT molecular complexity index is 655. The van der Waals surface area contributed by atoms with Gasteiger partial charge in [-0.2, -0.15) is 0 Å². The van der Waals surface area contributed by atoms with Crippen molar-refractivity contribution in [3.05, 3.63) is 12.2 Å². The van der Waals surface area contributed by atoms with Crippen molar-refractivity contribution in [3.63, 3.8) is 0 Å². The molecule has 0 aromatic rings. The predicted octanol–water partition coefficient (Wildman–Crippen LogP) is 1.61. The molecular formula is C23H37N5O2. The first-order chi connectivity index (χ1) is 14.7. The number of nitrogens with one attached hydrogen (secondary N) is 2. The van der Waals surface area contributed by atoms with Crippen LogP contribution >= 0.6 is 0 Å². The smallest absolute Gasteiger partial charge is 0.233 e. The second-order valence-corrected chi connectivity index (χ2v) is 9.22. The summed E-state index contributed by atoms with van der Waals surface area (Å²) in [6.45, 7) is 5.62. The molecule has 0 radical (unpaired) electrons. The molecule has 2 N–H and O–H groups in total. The number of carbonyl (C=O) groups excluding carboxylic acids is 2. The van der Waals surface area contributed by atoms with Crippen LogP contribution in [0.3, 0.4) is 0 Å². The second-order valence-electron chi connectivity index (χ2n) is 9.22. The minimum atomic E-state index is -0.102. The number of likely N-dealkylation sites (tertiary alicyclic amines) is 2. The SMILES string of the molecule is CN=C(NCCCCCN1CCCCC1)NCCN1C(=O)C2C3C=CC(C3)C2C1=O. The number of guanidine groups is 1. The number of piperidine rings is 1. The Morgan fingerprint density at radius 2 is 1.60 bits per heavy atom. The zero-order chi connectivity index (χ0) is 20.9. The number of fused-ring (bicyclic) bond motifs is 5. The van der Waals surface area contributed by atoms with E-state index in [1.165, 1.54) is 56.6 Å². The van der Waals surface area contributed by atoms with Gasteiger partial charge in [-0.1, -0.05) is 25.0 Å². The number of hydrogen-bond donors (Lipinski definition) is 2. The van der Waals surface area contributed by atoms with E-state index in [2.05, 4.69) is 32.7 Å². The first-order valence-electron chi connectivity index (χ1n) is 11.9. The van der Waals surface area contributed by atoms with Gasteiger partial charge in [0.1, 0.15) is 0 Å². The van der Waals surface area contributed by atoms with Crippen LogP contribution in [0.15, 0.2) is 17.1 Å². The summed E-state index contributed by atoms with van der Waals surface area (Å²) in [6, 6.07) is 0. The molecule has 2 aliphatic heterocycles. The molecule has 2 saturated heterocycles. The summed E-state index contributed by atoms with van der Waals surface area (Å²) in [7, 11) is 1.76. The van der Waals surface area contributed by atoms with E-state index in [4.69, 9.17) is 0 Å². The van der Waals surface area contributed by atoms with Crippen molar-refractivity contribution >= 4 is 17.8 Å². The van der Waals surface area contributed by atoms with Gasteiger partial charge < -0.3 is 15.5 Å². The van der Waals surface area contributed by atoms with Gasteiger partial charge in [0.25, 0.3) is 0 Å². The molecule has 3 fully saturated rings. The van der Waals surface area contributed by atoms with Crippen molar-refractivity contribution in [3.8, 4) is 0 Å². The number of aliphatic imine (C=N–C) groups is 1. The van der Waals surface area contributed by atoms with Crippen molar-refractivity contribution in [1.29, 1.82) is 0 Å². The lowest BCUT2D eigenvalue weighted by molar-refractivity contribution is -0.140. The van der Waals surface area contributed by atoms with E-state index in [1.807, 2.05) is 0 Å². The first kappa shape index (κ1) is 21.3. The van der Waals surface area contributed by atoms with E-state index in [0.717, 1.165) is 25.3 Å². The van der Waals surface area contributed by atoms with Gasteiger partial charge in [0.05, 0.1) is 11.8 Å². The highest BCUT2D eigenvalue weighted by molar-refractivity contribution is 6.06. The number of hydrogen-bond acceptors (Lipinski definition) is 4. The molecule has 30 heavy (non-hydrogen) atoms. The summed E-state index contributed by atoms with van der Waals surface area (Å²) < 4.78 is 0. The maximum Gasteiger partial charge on any atom is 0.233 e. The number of allylic oxidation sites excluding steroid dienone is 2. The largest absolute Gasteiger partial charge is 0.356 e. The van der Waals surface area contributed by atoms with E-state index in [-0.39, 0.29) is 35.5 Å². The third kappa shape index (κ3) is 4.56. The topological polar surface area (TPSA) is 77.0 Å². The lowest BCUT2D eigenvalue weighted by atomic mass is 9.85. The Hall–Kier alpha value is -1.89. The third-order valence-electron chi connectivity index (χ3n) is 7.31. The van der Waals surface area contributed by atoms with Crippen LogP contribution in [0.5, 0.6) is 0 Å². The summed E-state index contributed by atoms with van der Waals surface area (Å²) in [4.78, 5) is 33.8. The molecule has 4 atom stereocenters. The number of rotatable bonds is 9. The summed E-state index contributed by atoms with van der Waals surface area (Å²) in [5.74, 6) is 1.15. The quantitative estimate of drug-likeness (QED) is 0.197. The Balaban J connectivity index is 1.09. The van der Waals surface area contributed by atoms with Crippen LogP contribution < -0.4 is 10.6 Å². The molecule has 4 unspecified atom stereocenters. The number of amides is 2. The van der Waals surface area contributed by atoms with Crippen molar-refractivity contribution in [2.45, 2.75) is 44.9 Å². The third-order valence-corrected chi connectivity index (χ3v) is 7.31. The maximum atomic E-state index is 12.7. The molecule has 166 valence electrons. The van der Waals surface area contributed by atoms with Crippen molar-refractivity contribution in [2.75, 3.05) is 46.3 Å². The Labute approximate surface area is 180 Å². The van der Waals surface area contributed by atoms with Gasteiger partial charge >= 0.3 is 0 Å². The highest BCUT2D eigenvalue weighted by Gasteiger charge is 2.58. The van der Waals surface area contributed by atoms with Crippen molar-refractivity contribution < 1.29 is 9.59 Å². The van der Waals surface area contributed by atoms with E-state index >= 15 is 0 Å². The van der Waals surface area contributed by atoms with Crippen LogP contribution in [0, 0.1) is 23.7 Å². The van der Waals surface area contributed by atoms with Crippen LogP contribution in [0.2, 0.25) is 0 Å². The van der Waals surface area contributed by atoms with Crippen molar-refractivity contribution in [1.82, 2.24) is 20.4 Å². The minimum Gasteiger partial charge on any atom is -0.356 e. The number of unbranched alkanes of at least 4 members (excludes halogenated alkanes) is 2. The van der Waals surface area contributed by atoms with Gasteiger partial charge in [-0.3, -0.25) is 19.5 Å². The standard InChI is InChI=1S/C23H37N5O2/c1-24-23(25-10-4-2-5-12-27-13-6-3-7-14-27)26-11-15-28-21(29)19-17-8-9-18(16-17)20(19)22(28)30/h8-9,17-20H,2-7,10-16H2,1H3,(H2,24,25,26). The summed E-state index contributed by atoms with van der Waals surface area (Å²) in [5, 5.41) is 6.60. The molecule has 0 aromatic carbocycles. The molecule has 2 heterocycles. The second kappa shape index (κ2) is 9.94. The predicted molar refractivity (Wildman–Crippen MR) is 118 cm³/mol. The van der Waals surface area contributed by atoms with Gasteiger partial charge in [0.15, 0.2) is 5.96 Å². The van der Waals surface area contributed by atoms with Gasteiger partial charge in [0.2, 0.25) is 11.8 Å². The molecule has 2 amide bonds. The fraction of sp³-hybridized carbons (Fsp3) is 0.783. The minimum absolute atomic E-state index is 0.0281. The Morgan fingerprint density at radius 1 is 0.933 bits per heavy atom. The maximum absolute atomic E-state index is 12.7. The van der Waals surface area contributed by atoms with Crippen LogP contribution in [0.4, 0.5) is 0 Å². The average Bonchev–Trinajstić information content (AvgIpc) is 3.45. The normalized spacial score (nSPS) is 31.0. The van der Waals surface area contributed by atoms with Gasteiger partial charge in [-0.05, 0) is 63.6 Å². The van der Waals surface area contributed by atoms with E-state index in [9.17, 15) is 9.59 Å². The molecule has 2 bridgehead atoms. The van der Waals surface area contributed by atoms with Gasteiger partial charge in [-0.15, -0.1) is 0 Å². The molecule has 4 rings (SSSR count). The summed E-state index contributed by atoms with van der Waals surface area (Å²) in [6.07, 6.45) is 13.0. The van der Waals surface area contributed by atoms with Crippen LogP contribution in [0.25, 0.3) is 0 Å². The Morgan fingerprint density at radius 3 is 2.27 bits per heavy atom. The van der Waals surface area contributed by atoms with Gasteiger partial charge in [0, 0.05) is 26.7 Å². The highest BCUT2D eigenvalue weighted by Crippen LogP contribution is 2.52. The number of imide groups is 1. The monoisotopic (exact) mass is 415 g/mol.